The molecule has 3 aliphatic heterocycles. The molecule has 16 heavy (non-hydrogen) atoms. The molecule has 0 aromatic heterocycles. The summed E-state index contributed by atoms with van der Waals surface area (Å²) < 4.78 is 15.5. The quantitative estimate of drug-likeness (QED) is 0.536. The highest BCUT2D eigenvalue weighted by Crippen LogP contribution is 2.59. The number of esters is 1. The third kappa shape index (κ3) is 1.19. The van der Waals surface area contributed by atoms with Crippen LogP contribution in [0.1, 0.15) is 12.8 Å². The minimum absolute atomic E-state index is 0.175. The van der Waals surface area contributed by atoms with E-state index in [2.05, 4.69) is 6.58 Å². The SMILES string of the molecule is C=CC(=O)OC12CCC(S1)C1OC(=O)OC12. The largest absolute Gasteiger partial charge is 0.509 e. The van der Waals surface area contributed by atoms with Gasteiger partial charge >= 0.3 is 12.1 Å². The average Bonchev–Trinajstić information content (AvgIpc) is 2.87. The van der Waals surface area contributed by atoms with E-state index in [4.69, 9.17) is 14.2 Å². The summed E-state index contributed by atoms with van der Waals surface area (Å²) in [6.07, 6.45) is 1.28. The molecule has 0 aromatic carbocycles. The van der Waals surface area contributed by atoms with Gasteiger partial charge in [-0.15, -0.1) is 11.8 Å². The van der Waals surface area contributed by atoms with E-state index in [0.29, 0.717) is 6.42 Å². The summed E-state index contributed by atoms with van der Waals surface area (Å²) in [5.41, 5.74) is 0. The van der Waals surface area contributed by atoms with Crippen LogP contribution in [0.25, 0.3) is 0 Å². The molecule has 0 amide bonds. The molecule has 0 radical (unpaired) electrons. The van der Waals surface area contributed by atoms with Crippen LogP contribution in [0.2, 0.25) is 0 Å². The summed E-state index contributed by atoms with van der Waals surface area (Å²) in [4.78, 5) is 21.6. The maximum absolute atomic E-state index is 11.3. The Morgan fingerprint density at radius 1 is 1.62 bits per heavy atom. The molecule has 4 atom stereocenters. The maximum Gasteiger partial charge on any atom is 0.509 e. The predicted octanol–water partition coefficient (Wildman–Crippen LogP) is 1.23. The number of hydrogen-bond acceptors (Lipinski definition) is 6. The van der Waals surface area contributed by atoms with Crippen molar-refractivity contribution >= 4 is 23.9 Å². The van der Waals surface area contributed by atoms with Crippen LogP contribution in [0, 0.1) is 0 Å². The molecular formula is C10H10O5S. The van der Waals surface area contributed by atoms with E-state index >= 15 is 0 Å². The predicted molar refractivity (Wildman–Crippen MR) is 54.8 cm³/mol. The first-order valence-electron chi connectivity index (χ1n) is 5.05. The molecule has 0 aromatic rings. The van der Waals surface area contributed by atoms with E-state index in [9.17, 15) is 9.59 Å². The summed E-state index contributed by atoms with van der Waals surface area (Å²) in [7, 11) is 0. The zero-order valence-electron chi connectivity index (χ0n) is 8.38. The number of ether oxygens (including phenoxy) is 3. The van der Waals surface area contributed by atoms with Gasteiger partial charge in [0.15, 0.2) is 17.1 Å². The molecule has 3 saturated heterocycles. The summed E-state index contributed by atoms with van der Waals surface area (Å²) in [6.45, 7) is 3.36. The van der Waals surface area contributed by atoms with Crippen molar-refractivity contribution < 1.29 is 23.8 Å². The Bertz CT molecular complexity index is 381. The van der Waals surface area contributed by atoms with Crippen LogP contribution in [0.3, 0.4) is 0 Å². The molecule has 0 N–H and O–H groups in total. The number of hydrogen-bond donors (Lipinski definition) is 0. The van der Waals surface area contributed by atoms with E-state index in [-0.39, 0.29) is 11.4 Å². The van der Waals surface area contributed by atoms with Crippen molar-refractivity contribution in [1.82, 2.24) is 0 Å². The van der Waals surface area contributed by atoms with Crippen LogP contribution in [-0.2, 0) is 19.0 Å². The van der Waals surface area contributed by atoms with Crippen molar-refractivity contribution in [2.75, 3.05) is 0 Å². The van der Waals surface area contributed by atoms with E-state index < -0.39 is 23.2 Å². The molecule has 5 nitrogen and oxygen atoms in total. The molecule has 3 heterocycles. The molecule has 0 saturated carbocycles. The lowest BCUT2D eigenvalue weighted by atomic mass is 9.92. The van der Waals surface area contributed by atoms with Crippen molar-refractivity contribution in [3.63, 3.8) is 0 Å². The zero-order chi connectivity index (χ0) is 11.3. The lowest BCUT2D eigenvalue weighted by molar-refractivity contribution is -0.153. The Morgan fingerprint density at radius 2 is 2.44 bits per heavy atom. The highest BCUT2D eigenvalue weighted by atomic mass is 32.2. The molecule has 3 aliphatic rings. The van der Waals surface area contributed by atoms with Gasteiger partial charge in [-0.3, -0.25) is 0 Å². The van der Waals surface area contributed by atoms with E-state index in [0.717, 1.165) is 12.5 Å². The molecule has 3 rings (SSSR count). The van der Waals surface area contributed by atoms with Crippen LogP contribution in [0.15, 0.2) is 12.7 Å². The number of carbonyl (C=O) groups excluding carboxylic acids is 2. The Balaban J connectivity index is 1.87. The summed E-state index contributed by atoms with van der Waals surface area (Å²) in [6, 6.07) is 0. The van der Waals surface area contributed by atoms with Gasteiger partial charge in [0.25, 0.3) is 0 Å². The third-order valence-electron chi connectivity index (χ3n) is 3.12. The van der Waals surface area contributed by atoms with Gasteiger partial charge in [0.2, 0.25) is 0 Å². The number of fused-ring (bicyclic) bond motifs is 5. The highest BCUT2D eigenvalue weighted by Gasteiger charge is 2.68. The molecule has 0 spiro atoms. The van der Waals surface area contributed by atoms with Crippen LogP contribution < -0.4 is 0 Å². The Morgan fingerprint density at radius 3 is 3.19 bits per heavy atom. The van der Waals surface area contributed by atoms with Crippen molar-refractivity contribution in [3.8, 4) is 0 Å². The van der Waals surface area contributed by atoms with Crippen molar-refractivity contribution in [2.24, 2.45) is 0 Å². The maximum atomic E-state index is 11.3. The zero-order valence-corrected chi connectivity index (χ0v) is 9.20. The first-order chi connectivity index (χ1) is 7.64. The second kappa shape index (κ2) is 3.16. The van der Waals surface area contributed by atoms with Gasteiger partial charge in [0.05, 0.1) is 5.25 Å². The summed E-state index contributed by atoms with van der Waals surface area (Å²) >= 11 is 1.52. The van der Waals surface area contributed by atoms with Crippen LogP contribution in [-0.4, -0.2) is 34.5 Å². The Labute approximate surface area is 96.1 Å². The first-order valence-corrected chi connectivity index (χ1v) is 5.93. The average molecular weight is 242 g/mol. The van der Waals surface area contributed by atoms with Gasteiger partial charge in [-0.2, -0.15) is 0 Å². The monoisotopic (exact) mass is 242 g/mol. The first kappa shape index (κ1) is 10.0. The van der Waals surface area contributed by atoms with Gasteiger partial charge < -0.3 is 14.2 Å². The lowest BCUT2D eigenvalue weighted by Crippen LogP contribution is -2.45. The second-order valence-electron chi connectivity index (χ2n) is 4.00. The molecule has 4 unspecified atom stereocenters. The van der Waals surface area contributed by atoms with E-state index in [1.165, 1.54) is 11.8 Å². The fraction of sp³-hybridized carbons (Fsp3) is 0.600. The van der Waals surface area contributed by atoms with Gasteiger partial charge in [0.1, 0.15) is 0 Å². The lowest BCUT2D eigenvalue weighted by Gasteiger charge is -2.29. The van der Waals surface area contributed by atoms with Gasteiger partial charge in [0, 0.05) is 12.5 Å². The molecule has 3 fully saturated rings. The Kier molecular flexibility index (Phi) is 1.98. The summed E-state index contributed by atoms with van der Waals surface area (Å²) in [5.74, 6) is -0.489. The molecule has 2 bridgehead atoms. The number of rotatable bonds is 2. The van der Waals surface area contributed by atoms with Crippen molar-refractivity contribution in [2.45, 2.75) is 35.2 Å². The minimum Gasteiger partial charge on any atom is -0.441 e. The van der Waals surface area contributed by atoms with E-state index in [1.54, 1.807) is 0 Å². The van der Waals surface area contributed by atoms with E-state index in [1.807, 2.05) is 0 Å². The van der Waals surface area contributed by atoms with Crippen LogP contribution in [0.4, 0.5) is 4.79 Å². The van der Waals surface area contributed by atoms with Crippen LogP contribution in [0.5, 0.6) is 0 Å². The highest BCUT2D eigenvalue weighted by molar-refractivity contribution is 8.01. The smallest absolute Gasteiger partial charge is 0.441 e. The Hall–Kier alpha value is -1.17. The third-order valence-corrected chi connectivity index (χ3v) is 4.85. The molecular weight excluding hydrogens is 232 g/mol. The fourth-order valence-electron chi connectivity index (χ4n) is 2.49. The topological polar surface area (TPSA) is 61.8 Å². The van der Waals surface area contributed by atoms with Gasteiger partial charge in [-0.05, 0) is 6.42 Å². The molecule has 86 valence electrons. The van der Waals surface area contributed by atoms with Crippen molar-refractivity contribution in [1.29, 1.82) is 0 Å². The fourth-order valence-corrected chi connectivity index (χ4v) is 4.25. The molecule has 0 aliphatic carbocycles. The standard InChI is InChI=1S/C10H10O5S/c1-2-6(11)15-10-4-3-5(16-10)7-8(10)14-9(12)13-7/h2,5,7-8H,1,3-4H2. The van der Waals surface area contributed by atoms with Crippen LogP contribution >= 0.6 is 11.8 Å². The van der Waals surface area contributed by atoms with Gasteiger partial charge in [-0.25, -0.2) is 9.59 Å². The minimum atomic E-state index is -0.757. The second-order valence-corrected chi connectivity index (χ2v) is 5.54. The number of thioether (sulfide) groups is 1. The number of carbonyl (C=O) groups is 2. The molecule has 6 heteroatoms. The summed E-state index contributed by atoms with van der Waals surface area (Å²) in [5, 5.41) is 0.175. The van der Waals surface area contributed by atoms with Crippen molar-refractivity contribution in [3.05, 3.63) is 12.7 Å². The normalized spacial score (nSPS) is 43.5. The van der Waals surface area contributed by atoms with Gasteiger partial charge in [-0.1, -0.05) is 6.58 Å².